The van der Waals surface area contributed by atoms with Gasteiger partial charge in [-0.2, -0.15) is 5.10 Å². The number of hydrogen-bond donors (Lipinski definition) is 1. The van der Waals surface area contributed by atoms with Gasteiger partial charge in [0, 0.05) is 24.3 Å². The number of hydrogen-bond acceptors (Lipinski definition) is 5. The minimum Gasteiger partial charge on any atom is -0.493 e. The first-order valence-electron chi connectivity index (χ1n) is 10.8. The highest BCUT2D eigenvalue weighted by atomic mass is 16.5. The summed E-state index contributed by atoms with van der Waals surface area (Å²) >= 11 is 0. The molecule has 4 rings (SSSR count). The van der Waals surface area contributed by atoms with Crippen LogP contribution < -0.4 is 19.8 Å². The van der Waals surface area contributed by atoms with Gasteiger partial charge in [-0.05, 0) is 66.4 Å². The number of nitrogens with zero attached hydrogens (tertiary/aromatic N) is 2. The summed E-state index contributed by atoms with van der Waals surface area (Å²) in [6.45, 7) is 2.61. The molecule has 1 amide bonds. The maximum absolute atomic E-state index is 12.4. The van der Waals surface area contributed by atoms with Crippen molar-refractivity contribution >= 4 is 17.8 Å². The Bertz CT molecular complexity index is 1060. The lowest BCUT2D eigenvalue weighted by Gasteiger charge is -2.17. The number of hydrazone groups is 1. The van der Waals surface area contributed by atoms with Crippen molar-refractivity contribution in [1.82, 2.24) is 5.43 Å². The molecule has 0 bridgehead atoms. The van der Waals surface area contributed by atoms with Gasteiger partial charge >= 0.3 is 0 Å². The molecule has 1 N–H and O–H groups in total. The Labute approximate surface area is 188 Å². The van der Waals surface area contributed by atoms with Gasteiger partial charge in [-0.15, -0.1) is 0 Å². The van der Waals surface area contributed by atoms with Crippen molar-refractivity contribution < 1.29 is 14.3 Å². The molecule has 1 aliphatic rings. The highest BCUT2D eigenvalue weighted by Gasteiger charge is 2.13. The first-order chi connectivity index (χ1) is 15.7. The van der Waals surface area contributed by atoms with E-state index in [2.05, 4.69) is 15.4 Å². The van der Waals surface area contributed by atoms with Crippen molar-refractivity contribution in [3.05, 3.63) is 89.5 Å². The number of anilines is 1. The third kappa shape index (κ3) is 5.46. The van der Waals surface area contributed by atoms with E-state index >= 15 is 0 Å². The number of rotatable bonds is 8. The van der Waals surface area contributed by atoms with Crippen molar-refractivity contribution in [2.45, 2.75) is 19.4 Å². The van der Waals surface area contributed by atoms with Crippen LogP contribution in [-0.2, 0) is 6.61 Å². The molecule has 32 heavy (non-hydrogen) atoms. The fourth-order valence-corrected chi connectivity index (χ4v) is 3.65. The Kier molecular flexibility index (Phi) is 7.02. The maximum Gasteiger partial charge on any atom is 0.271 e. The normalized spacial score (nSPS) is 13.3. The standard InChI is InChI=1S/C26H27N3O3/c1-31-25-17-21(9-14-24(25)32-19-20-7-3-2-4-8-20)18-27-28-26(30)22-10-12-23(13-11-22)29-15-5-6-16-29/h2-4,7-14,17-18H,5-6,15-16,19H2,1H3,(H,28,30)/b27-18-. The summed E-state index contributed by atoms with van der Waals surface area (Å²) in [5.74, 6) is 1.01. The fraction of sp³-hybridized carbons (Fsp3) is 0.231. The largest absolute Gasteiger partial charge is 0.493 e. The molecule has 0 aliphatic carbocycles. The highest BCUT2D eigenvalue weighted by Crippen LogP contribution is 2.28. The summed E-state index contributed by atoms with van der Waals surface area (Å²) in [6, 6.07) is 23.1. The van der Waals surface area contributed by atoms with Crippen LogP contribution in [0.25, 0.3) is 0 Å². The van der Waals surface area contributed by atoms with E-state index in [9.17, 15) is 4.79 Å². The number of nitrogens with one attached hydrogen (secondary N) is 1. The van der Waals surface area contributed by atoms with Crippen LogP contribution in [0.2, 0.25) is 0 Å². The molecule has 3 aromatic carbocycles. The van der Waals surface area contributed by atoms with Crippen LogP contribution in [0, 0.1) is 0 Å². The molecule has 0 spiro atoms. The van der Waals surface area contributed by atoms with Crippen LogP contribution in [0.5, 0.6) is 11.5 Å². The molecule has 3 aromatic rings. The molecule has 1 saturated heterocycles. The van der Waals surface area contributed by atoms with E-state index in [1.165, 1.54) is 12.8 Å². The Balaban J connectivity index is 1.33. The predicted molar refractivity (Wildman–Crippen MR) is 127 cm³/mol. The van der Waals surface area contributed by atoms with Gasteiger partial charge in [-0.25, -0.2) is 5.43 Å². The van der Waals surface area contributed by atoms with E-state index in [1.807, 2.05) is 72.8 Å². The van der Waals surface area contributed by atoms with E-state index in [0.29, 0.717) is 23.7 Å². The molecule has 164 valence electrons. The summed E-state index contributed by atoms with van der Waals surface area (Å²) in [7, 11) is 1.60. The monoisotopic (exact) mass is 429 g/mol. The number of ether oxygens (including phenoxy) is 2. The molecule has 1 heterocycles. The van der Waals surface area contributed by atoms with E-state index in [-0.39, 0.29) is 5.91 Å². The molecule has 1 aliphatic heterocycles. The van der Waals surface area contributed by atoms with E-state index < -0.39 is 0 Å². The molecule has 6 heteroatoms. The first kappa shape index (κ1) is 21.4. The molecule has 0 atom stereocenters. The summed E-state index contributed by atoms with van der Waals surface area (Å²) < 4.78 is 11.3. The summed E-state index contributed by atoms with van der Waals surface area (Å²) in [4.78, 5) is 14.7. The van der Waals surface area contributed by atoms with Crippen LogP contribution in [0.4, 0.5) is 5.69 Å². The number of benzene rings is 3. The number of carbonyl (C=O) groups excluding carboxylic acids is 1. The van der Waals surface area contributed by atoms with Crippen molar-refractivity contribution in [1.29, 1.82) is 0 Å². The molecule has 1 fully saturated rings. The molecular formula is C26H27N3O3. The Morgan fingerprint density at radius 2 is 1.75 bits per heavy atom. The average Bonchev–Trinajstić information content (AvgIpc) is 3.39. The summed E-state index contributed by atoms with van der Waals surface area (Å²) in [6.07, 6.45) is 4.03. The lowest BCUT2D eigenvalue weighted by Crippen LogP contribution is -2.19. The SMILES string of the molecule is COc1cc(/C=N\NC(=O)c2ccc(N3CCCC3)cc2)ccc1OCc1ccccc1. The summed E-state index contributed by atoms with van der Waals surface area (Å²) in [5, 5.41) is 4.09. The molecular weight excluding hydrogens is 402 g/mol. The lowest BCUT2D eigenvalue weighted by molar-refractivity contribution is 0.0955. The molecule has 0 unspecified atom stereocenters. The van der Waals surface area contributed by atoms with Gasteiger partial charge < -0.3 is 14.4 Å². The highest BCUT2D eigenvalue weighted by molar-refractivity contribution is 5.95. The van der Waals surface area contributed by atoms with Crippen molar-refractivity contribution in [3.63, 3.8) is 0 Å². The molecule has 0 aromatic heterocycles. The number of methoxy groups -OCH3 is 1. The van der Waals surface area contributed by atoms with Crippen molar-refractivity contribution in [2.75, 3.05) is 25.1 Å². The van der Waals surface area contributed by atoms with Gasteiger partial charge in [0.15, 0.2) is 11.5 Å². The lowest BCUT2D eigenvalue weighted by atomic mass is 10.2. The molecule has 0 saturated carbocycles. The second kappa shape index (κ2) is 10.5. The van der Waals surface area contributed by atoms with Gasteiger partial charge in [0.1, 0.15) is 6.61 Å². The Morgan fingerprint density at radius 3 is 2.47 bits per heavy atom. The fourth-order valence-electron chi connectivity index (χ4n) is 3.65. The second-order valence-electron chi connectivity index (χ2n) is 7.62. The topological polar surface area (TPSA) is 63.2 Å². The van der Waals surface area contributed by atoms with Gasteiger partial charge in [0.25, 0.3) is 5.91 Å². The van der Waals surface area contributed by atoms with Gasteiger partial charge in [-0.3, -0.25) is 4.79 Å². The van der Waals surface area contributed by atoms with Gasteiger partial charge in [-0.1, -0.05) is 30.3 Å². The second-order valence-corrected chi connectivity index (χ2v) is 7.62. The Morgan fingerprint density at radius 1 is 1.00 bits per heavy atom. The van der Waals surface area contributed by atoms with Crippen LogP contribution in [0.15, 0.2) is 77.9 Å². The Hall–Kier alpha value is -3.80. The summed E-state index contributed by atoms with van der Waals surface area (Å²) in [5.41, 5.74) is 6.18. The predicted octanol–water partition coefficient (Wildman–Crippen LogP) is 4.64. The van der Waals surface area contributed by atoms with Crippen LogP contribution in [-0.4, -0.2) is 32.3 Å². The molecule has 6 nitrogen and oxygen atoms in total. The van der Waals surface area contributed by atoms with Crippen molar-refractivity contribution in [2.24, 2.45) is 5.10 Å². The third-order valence-electron chi connectivity index (χ3n) is 5.41. The zero-order valence-corrected chi connectivity index (χ0v) is 18.2. The zero-order chi connectivity index (χ0) is 22.2. The average molecular weight is 430 g/mol. The first-order valence-corrected chi connectivity index (χ1v) is 10.8. The van der Waals surface area contributed by atoms with Crippen LogP contribution >= 0.6 is 0 Å². The smallest absolute Gasteiger partial charge is 0.271 e. The zero-order valence-electron chi connectivity index (χ0n) is 18.2. The van der Waals surface area contributed by atoms with Crippen LogP contribution in [0.1, 0.15) is 34.3 Å². The van der Waals surface area contributed by atoms with Gasteiger partial charge in [0.2, 0.25) is 0 Å². The third-order valence-corrected chi connectivity index (χ3v) is 5.41. The minimum absolute atomic E-state index is 0.246. The van der Waals surface area contributed by atoms with Gasteiger partial charge in [0.05, 0.1) is 13.3 Å². The van der Waals surface area contributed by atoms with E-state index in [4.69, 9.17) is 9.47 Å². The number of amides is 1. The van der Waals surface area contributed by atoms with E-state index in [1.54, 1.807) is 13.3 Å². The minimum atomic E-state index is -0.246. The number of carbonyl (C=O) groups is 1. The van der Waals surface area contributed by atoms with Crippen molar-refractivity contribution in [3.8, 4) is 11.5 Å². The van der Waals surface area contributed by atoms with E-state index in [0.717, 1.165) is 29.9 Å². The quantitative estimate of drug-likeness (QED) is 0.419. The maximum atomic E-state index is 12.4. The molecule has 0 radical (unpaired) electrons. The van der Waals surface area contributed by atoms with Crippen LogP contribution in [0.3, 0.4) is 0 Å².